The van der Waals surface area contributed by atoms with E-state index in [9.17, 15) is 23.1 Å². The van der Waals surface area contributed by atoms with Crippen molar-refractivity contribution in [2.24, 2.45) is 5.92 Å². The fraction of sp³-hybridized carbons (Fsp3) is 0.350. The summed E-state index contributed by atoms with van der Waals surface area (Å²) in [7, 11) is 0. The Balaban J connectivity index is 1.83. The van der Waals surface area contributed by atoms with Gasteiger partial charge in [-0.15, -0.1) is 0 Å². The van der Waals surface area contributed by atoms with Crippen molar-refractivity contribution in [1.29, 1.82) is 0 Å². The molecule has 1 saturated heterocycles. The number of nitrogens with one attached hydrogen (secondary N) is 1. The fourth-order valence-corrected chi connectivity index (χ4v) is 3.23. The standard InChI is InChI=1S/C20H21F3N2O2/c1-12-2-5-15(26)11-25(10-12)19-8-13(3-6-17(19)22)20(27)24-14-4-7-16(21)18(23)9-14/h3-4,6-9,12,15,26H,2,5,10-11H2,1H3,(H,24,27). The third-order valence-electron chi connectivity index (χ3n) is 4.68. The van der Waals surface area contributed by atoms with Crippen molar-refractivity contribution < 1.29 is 23.1 Å². The Labute approximate surface area is 155 Å². The van der Waals surface area contributed by atoms with Crippen LogP contribution < -0.4 is 10.2 Å². The summed E-state index contributed by atoms with van der Waals surface area (Å²) in [5, 5.41) is 12.5. The molecule has 144 valence electrons. The number of β-amino-alcohol motifs (C(OH)–C–C–N with tert-alkyl or cyclic N) is 1. The molecule has 1 fully saturated rings. The van der Waals surface area contributed by atoms with Gasteiger partial charge in [0, 0.05) is 30.4 Å². The van der Waals surface area contributed by atoms with Crippen molar-refractivity contribution in [3.63, 3.8) is 0 Å². The van der Waals surface area contributed by atoms with Crippen LogP contribution in [-0.2, 0) is 0 Å². The molecule has 0 radical (unpaired) electrons. The van der Waals surface area contributed by atoms with Crippen LogP contribution in [0.4, 0.5) is 24.5 Å². The second kappa shape index (κ2) is 8.00. The molecular weight excluding hydrogens is 357 g/mol. The predicted molar refractivity (Wildman–Crippen MR) is 97.3 cm³/mol. The van der Waals surface area contributed by atoms with Gasteiger partial charge in [-0.3, -0.25) is 4.79 Å². The van der Waals surface area contributed by atoms with E-state index in [1.807, 2.05) is 6.92 Å². The van der Waals surface area contributed by atoms with Crippen LogP contribution in [0.3, 0.4) is 0 Å². The van der Waals surface area contributed by atoms with E-state index in [0.717, 1.165) is 18.6 Å². The molecule has 2 aromatic rings. The minimum atomic E-state index is -1.07. The molecule has 2 aromatic carbocycles. The number of carbonyl (C=O) groups is 1. The molecule has 0 aromatic heterocycles. The third-order valence-corrected chi connectivity index (χ3v) is 4.68. The first-order valence-corrected chi connectivity index (χ1v) is 8.82. The zero-order chi connectivity index (χ0) is 19.6. The van der Waals surface area contributed by atoms with Crippen molar-refractivity contribution >= 4 is 17.3 Å². The summed E-state index contributed by atoms with van der Waals surface area (Å²) in [6.45, 7) is 2.89. The highest BCUT2D eigenvalue weighted by Crippen LogP contribution is 2.27. The second-order valence-electron chi connectivity index (χ2n) is 6.99. The van der Waals surface area contributed by atoms with Crippen LogP contribution in [0.15, 0.2) is 36.4 Å². The van der Waals surface area contributed by atoms with E-state index in [1.165, 1.54) is 24.3 Å². The van der Waals surface area contributed by atoms with Crippen molar-refractivity contribution in [1.82, 2.24) is 0 Å². The summed E-state index contributed by atoms with van der Waals surface area (Å²) in [6.07, 6.45) is 0.930. The van der Waals surface area contributed by atoms with E-state index in [1.54, 1.807) is 4.90 Å². The SMILES string of the molecule is CC1CCC(O)CN(c2cc(C(=O)Nc3ccc(F)c(F)c3)ccc2F)C1. The summed E-state index contributed by atoms with van der Waals surface area (Å²) < 4.78 is 40.7. The molecule has 7 heteroatoms. The summed E-state index contributed by atoms with van der Waals surface area (Å²) in [5.41, 5.74) is 0.520. The van der Waals surface area contributed by atoms with E-state index in [4.69, 9.17) is 0 Å². The molecule has 3 rings (SSSR count). The van der Waals surface area contributed by atoms with Gasteiger partial charge >= 0.3 is 0 Å². The smallest absolute Gasteiger partial charge is 0.255 e. The molecule has 2 unspecified atom stereocenters. The summed E-state index contributed by atoms with van der Waals surface area (Å²) >= 11 is 0. The van der Waals surface area contributed by atoms with Gasteiger partial charge in [0.1, 0.15) is 5.82 Å². The molecule has 0 bridgehead atoms. The van der Waals surface area contributed by atoms with E-state index < -0.39 is 29.5 Å². The lowest BCUT2D eigenvalue weighted by molar-refractivity contribution is 0.102. The number of nitrogens with zero attached hydrogens (tertiary/aromatic N) is 1. The number of anilines is 2. The first-order chi connectivity index (χ1) is 12.8. The normalized spacial score (nSPS) is 20.3. The number of halogens is 3. The second-order valence-corrected chi connectivity index (χ2v) is 6.99. The highest BCUT2D eigenvalue weighted by molar-refractivity contribution is 6.04. The molecule has 27 heavy (non-hydrogen) atoms. The van der Waals surface area contributed by atoms with Crippen LogP contribution >= 0.6 is 0 Å². The molecule has 2 atom stereocenters. The lowest BCUT2D eigenvalue weighted by Gasteiger charge is -2.27. The number of rotatable bonds is 3. The quantitative estimate of drug-likeness (QED) is 0.850. The van der Waals surface area contributed by atoms with E-state index >= 15 is 0 Å². The summed E-state index contributed by atoms with van der Waals surface area (Å²) in [6, 6.07) is 6.97. The minimum Gasteiger partial charge on any atom is -0.391 e. The van der Waals surface area contributed by atoms with Gasteiger partial charge in [-0.2, -0.15) is 0 Å². The predicted octanol–water partition coefficient (Wildman–Crippen LogP) is 3.95. The molecule has 4 nitrogen and oxygen atoms in total. The van der Waals surface area contributed by atoms with Crippen LogP contribution in [0, 0.1) is 23.4 Å². The Hall–Kier alpha value is -2.54. The van der Waals surface area contributed by atoms with Gasteiger partial charge in [0.2, 0.25) is 0 Å². The number of carbonyl (C=O) groups excluding carboxylic acids is 1. The monoisotopic (exact) mass is 378 g/mol. The van der Waals surface area contributed by atoms with Crippen molar-refractivity contribution in [2.75, 3.05) is 23.3 Å². The number of amides is 1. The van der Waals surface area contributed by atoms with E-state index in [2.05, 4.69) is 5.32 Å². The topological polar surface area (TPSA) is 52.6 Å². The Morgan fingerprint density at radius 3 is 2.52 bits per heavy atom. The summed E-state index contributed by atoms with van der Waals surface area (Å²) in [4.78, 5) is 14.2. The molecule has 1 heterocycles. The molecular formula is C20H21F3N2O2. The Morgan fingerprint density at radius 1 is 1.04 bits per heavy atom. The lowest BCUT2D eigenvalue weighted by atomic mass is 10.1. The first kappa shape index (κ1) is 19.2. The Kier molecular flexibility index (Phi) is 5.70. The van der Waals surface area contributed by atoms with Gasteiger partial charge in [-0.1, -0.05) is 6.92 Å². The number of aliphatic hydroxyl groups excluding tert-OH is 1. The maximum absolute atomic E-state index is 14.4. The number of hydrogen-bond acceptors (Lipinski definition) is 3. The maximum Gasteiger partial charge on any atom is 0.255 e. The lowest BCUT2D eigenvalue weighted by Crippen LogP contribution is -2.33. The molecule has 1 aliphatic rings. The van der Waals surface area contributed by atoms with Crippen molar-refractivity contribution in [3.05, 3.63) is 59.4 Å². The van der Waals surface area contributed by atoms with Crippen LogP contribution in [0.25, 0.3) is 0 Å². The van der Waals surface area contributed by atoms with Gasteiger partial charge in [-0.05, 0) is 49.1 Å². The number of benzene rings is 2. The first-order valence-electron chi connectivity index (χ1n) is 8.82. The van der Waals surface area contributed by atoms with Gasteiger partial charge < -0.3 is 15.3 Å². The fourth-order valence-electron chi connectivity index (χ4n) is 3.23. The number of aliphatic hydroxyl groups is 1. The number of hydrogen-bond donors (Lipinski definition) is 2. The highest BCUT2D eigenvalue weighted by atomic mass is 19.2. The highest BCUT2D eigenvalue weighted by Gasteiger charge is 2.23. The minimum absolute atomic E-state index is 0.101. The van der Waals surface area contributed by atoms with Crippen molar-refractivity contribution in [3.8, 4) is 0 Å². The van der Waals surface area contributed by atoms with Gasteiger partial charge in [0.15, 0.2) is 11.6 Å². The van der Waals surface area contributed by atoms with Gasteiger partial charge in [0.25, 0.3) is 5.91 Å². The molecule has 0 spiro atoms. The molecule has 2 N–H and O–H groups in total. The van der Waals surface area contributed by atoms with E-state index in [-0.39, 0.29) is 29.4 Å². The van der Waals surface area contributed by atoms with Gasteiger partial charge in [-0.25, -0.2) is 13.2 Å². The van der Waals surface area contributed by atoms with Crippen LogP contribution in [0.2, 0.25) is 0 Å². The Morgan fingerprint density at radius 2 is 1.78 bits per heavy atom. The van der Waals surface area contributed by atoms with E-state index in [0.29, 0.717) is 13.0 Å². The van der Waals surface area contributed by atoms with Crippen LogP contribution in [0.5, 0.6) is 0 Å². The molecule has 0 saturated carbocycles. The maximum atomic E-state index is 14.4. The van der Waals surface area contributed by atoms with Crippen molar-refractivity contribution in [2.45, 2.75) is 25.9 Å². The zero-order valence-electron chi connectivity index (χ0n) is 14.9. The molecule has 1 amide bonds. The molecule has 1 aliphatic heterocycles. The Bertz CT molecular complexity index is 832. The van der Waals surface area contributed by atoms with Crippen LogP contribution in [-0.4, -0.2) is 30.2 Å². The average Bonchev–Trinajstić information content (AvgIpc) is 2.79. The average molecular weight is 378 g/mol. The zero-order valence-corrected chi connectivity index (χ0v) is 14.9. The summed E-state index contributed by atoms with van der Waals surface area (Å²) in [5.74, 6) is -2.85. The largest absolute Gasteiger partial charge is 0.391 e. The molecule has 0 aliphatic carbocycles. The third kappa shape index (κ3) is 4.60. The van der Waals surface area contributed by atoms with Gasteiger partial charge in [0.05, 0.1) is 11.8 Å². The van der Waals surface area contributed by atoms with Crippen LogP contribution in [0.1, 0.15) is 30.1 Å².